The molecule has 0 aliphatic heterocycles. The van der Waals surface area contributed by atoms with Gasteiger partial charge in [0.15, 0.2) is 0 Å². The second kappa shape index (κ2) is 9.81. The van der Waals surface area contributed by atoms with Gasteiger partial charge in [-0.2, -0.15) is 5.10 Å². The molecular formula is C25H24N4O3S. The Bertz CT molecular complexity index is 1350. The maximum Gasteiger partial charge on any atom is 0.251 e. The van der Waals surface area contributed by atoms with Gasteiger partial charge in [0.25, 0.3) is 5.91 Å². The smallest absolute Gasteiger partial charge is 0.251 e. The van der Waals surface area contributed by atoms with Crippen molar-refractivity contribution in [3.05, 3.63) is 108 Å². The molecule has 3 aromatic carbocycles. The average Bonchev–Trinajstić information content (AvgIpc) is 3.34. The zero-order chi connectivity index (χ0) is 23.3. The number of carbonyl (C=O) groups is 1. The first-order chi connectivity index (χ1) is 15.9. The lowest BCUT2D eigenvalue weighted by Crippen LogP contribution is -2.23. The van der Waals surface area contributed by atoms with E-state index in [1.54, 1.807) is 30.5 Å². The van der Waals surface area contributed by atoms with Crippen molar-refractivity contribution in [3.63, 3.8) is 0 Å². The summed E-state index contributed by atoms with van der Waals surface area (Å²) in [6.07, 6.45) is 1.74. The van der Waals surface area contributed by atoms with Gasteiger partial charge in [0, 0.05) is 17.7 Å². The predicted molar refractivity (Wildman–Crippen MR) is 128 cm³/mol. The molecule has 0 aliphatic carbocycles. The fourth-order valence-electron chi connectivity index (χ4n) is 3.44. The van der Waals surface area contributed by atoms with E-state index in [1.807, 2.05) is 65.3 Å². The van der Waals surface area contributed by atoms with Crippen molar-refractivity contribution in [1.29, 1.82) is 0 Å². The minimum atomic E-state index is -3.32. The van der Waals surface area contributed by atoms with Crippen molar-refractivity contribution in [2.75, 3.05) is 7.05 Å². The number of aromatic nitrogens is 2. The second-order valence-corrected chi connectivity index (χ2v) is 9.43. The molecule has 0 fully saturated rings. The van der Waals surface area contributed by atoms with Crippen molar-refractivity contribution in [1.82, 2.24) is 19.8 Å². The molecular weight excluding hydrogens is 436 g/mol. The van der Waals surface area contributed by atoms with Gasteiger partial charge in [-0.25, -0.2) is 17.8 Å². The van der Waals surface area contributed by atoms with E-state index in [4.69, 9.17) is 0 Å². The van der Waals surface area contributed by atoms with Gasteiger partial charge in [0.1, 0.15) is 0 Å². The zero-order valence-corrected chi connectivity index (χ0v) is 18.9. The number of sulfonamides is 1. The van der Waals surface area contributed by atoms with Crippen LogP contribution in [0.25, 0.3) is 16.9 Å². The first-order valence-corrected chi connectivity index (χ1v) is 12.1. The van der Waals surface area contributed by atoms with Crippen LogP contribution in [0.2, 0.25) is 0 Å². The molecule has 0 saturated carbocycles. The highest BCUT2D eigenvalue weighted by Crippen LogP contribution is 2.22. The van der Waals surface area contributed by atoms with Crippen LogP contribution < -0.4 is 10.0 Å². The third-order valence-corrected chi connectivity index (χ3v) is 6.54. The number of nitrogens with zero attached hydrogens (tertiary/aromatic N) is 2. The van der Waals surface area contributed by atoms with Crippen LogP contribution in [-0.4, -0.2) is 31.2 Å². The molecule has 0 aliphatic rings. The first-order valence-electron chi connectivity index (χ1n) is 10.4. The number of rotatable bonds is 8. The highest BCUT2D eigenvalue weighted by atomic mass is 32.2. The van der Waals surface area contributed by atoms with Crippen molar-refractivity contribution >= 4 is 15.9 Å². The Hall–Kier alpha value is -3.75. The number of benzene rings is 3. The lowest BCUT2D eigenvalue weighted by atomic mass is 10.1. The van der Waals surface area contributed by atoms with E-state index in [0.29, 0.717) is 17.7 Å². The Morgan fingerprint density at radius 1 is 0.909 bits per heavy atom. The summed E-state index contributed by atoms with van der Waals surface area (Å²) < 4.78 is 27.4. The van der Waals surface area contributed by atoms with Crippen LogP contribution in [0.15, 0.2) is 91.1 Å². The molecule has 4 aromatic rings. The van der Waals surface area contributed by atoms with Crippen LogP contribution >= 0.6 is 0 Å². The molecule has 2 N–H and O–H groups in total. The van der Waals surface area contributed by atoms with E-state index < -0.39 is 10.0 Å². The van der Waals surface area contributed by atoms with E-state index in [2.05, 4.69) is 15.1 Å². The van der Waals surface area contributed by atoms with Gasteiger partial charge in [0.05, 0.1) is 23.3 Å². The van der Waals surface area contributed by atoms with E-state index >= 15 is 0 Å². The average molecular weight is 461 g/mol. The largest absolute Gasteiger partial charge is 0.348 e. The number of carbonyl (C=O) groups excluding carboxylic acids is 1. The summed E-state index contributed by atoms with van der Waals surface area (Å²) in [5.74, 6) is -0.284. The normalized spacial score (nSPS) is 11.3. The summed E-state index contributed by atoms with van der Waals surface area (Å²) in [5, 5.41) is 7.35. The third-order valence-electron chi connectivity index (χ3n) is 5.21. The first kappa shape index (κ1) is 22.4. The van der Waals surface area contributed by atoms with Crippen molar-refractivity contribution in [2.24, 2.45) is 0 Å². The van der Waals surface area contributed by atoms with Gasteiger partial charge < -0.3 is 5.32 Å². The number of amides is 1. The van der Waals surface area contributed by atoms with E-state index in [9.17, 15) is 13.2 Å². The summed E-state index contributed by atoms with van der Waals surface area (Å²) in [6, 6.07) is 26.3. The monoisotopic (exact) mass is 460 g/mol. The molecule has 0 unspecified atom stereocenters. The molecule has 0 bridgehead atoms. The molecule has 0 atom stereocenters. The minimum absolute atomic E-state index is 0.0820. The molecule has 0 spiro atoms. The fourth-order valence-corrected chi connectivity index (χ4v) is 4.22. The molecule has 168 valence electrons. The van der Waals surface area contributed by atoms with Crippen LogP contribution in [0.5, 0.6) is 0 Å². The molecule has 1 aromatic heterocycles. The summed E-state index contributed by atoms with van der Waals surface area (Å²) in [4.78, 5) is 12.8. The van der Waals surface area contributed by atoms with Gasteiger partial charge in [-0.15, -0.1) is 0 Å². The van der Waals surface area contributed by atoms with Crippen LogP contribution in [0.3, 0.4) is 0 Å². The van der Waals surface area contributed by atoms with Crippen LogP contribution in [0.1, 0.15) is 21.5 Å². The Balaban J connectivity index is 1.45. The van der Waals surface area contributed by atoms with Gasteiger partial charge in [-0.1, -0.05) is 60.7 Å². The Kier molecular flexibility index (Phi) is 6.67. The maximum atomic E-state index is 12.8. The third kappa shape index (κ3) is 5.54. The molecule has 7 nitrogen and oxygen atoms in total. The second-order valence-electron chi connectivity index (χ2n) is 7.51. The van der Waals surface area contributed by atoms with E-state index in [1.165, 1.54) is 7.05 Å². The number of hydrogen-bond acceptors (Lipinski definition) is 4. The van der Waals surface area contributed by atoms with Crippen molar-refractivity contribution in [3.8, 4) is 16.9 Å². The summed E-state index contributed by atoms with van der Waals surface area (Å²) in [6.45, 7) is 0.332. The summed E-state index contributed by atoms with van der Waals surface area (Å²) in [7, 11) is -1.93. The highest BCUT2D eigenvalue weighted by molar-refractivity contribution is 7.88. The van der Waals surface area contributed by atoms with E-state index in [0.717, 1.165) is 22.5 Å². The standard InChI is InChI=1S/C25H24N4O3S/c1-26-33(31,32)18-20-12-10-19(11-13-20)17-27-25(30)22-8-5-9-23(16-22)29-24(14-15-28-29)21-6-3-2-4-7-21/h2-16,26H,17-18H2,1H3,(H,27,30). The zero-order valence-electron chi connectivity index (χ0n) is 18.1. The van der Waals surface area contributed by atoms with Crippen LogP contribution in [0, 0.1) is 0 Å². The SMILES string of the molecule is CNS(=O)(=O)Cc1ccc(CNC(=O)c2cccc(-n3nccc3-c3ccccc3)c2)cc1. The van der Waals surface area contributed by atoms with E-state index in [-0.39, 0.29) is 11.7 Å². The Morgan fingerprint density at radius 2 is 1.64 bits per heavy atom. The van der Waals surface area contributed by atoms with Crippen molar-refractivity contribution in [2.45, 2.75) is 12.3 Å². The highest BCUT2D eigenvalue weighted by Gasteiger charge is 2.12. The maximum absolute atomic E-state index is 12.8. The Labute approximate surface area is 193 Å². The molecule has 1 amide bonds. The summed E-state index contributed by atoms with van der Waals surface area (Å²) in [5.41, 5.74) is 4.86. The molecule has 8 heteroatoms. The molecule has 33 heavy (non-hydrogen) atoms. The van der Waals surface area contributed by atoms with Crippen LogP contribution in [0.4, 0.5) is 0 Å². The summed E-state index contributed by atoms with van der Waals surface area (Å²) >= 11 is 0. The van der Waals surface area contributed by atoms with Gasteiger partial charge in [-0.05, 0) is 42.4 Å². The van der Waals surface area contributed by atoms with Gasteiger partial charge in [-0.3, -0.25) is 4.79 Å². The fraction of sp³-hybridized carbons (Fsp3) is 0.120. The van der Waals surface area contributed by atoms with Crippen molar-refractivity contribution < 1.29 is 13.2 Å². The molecule has 0 radical (unpaired) electrons. The lowest BCUT2D eigenvalue weighted by molar-refractivity contribution is 0.0951. The van der Waals surface area contributed by atoms with Gasteiger partial charge >= 0.3 is 0 Å². The Morgan fingerprint density at radius 3 is 2.36 bits per heavy atom. The molecule has 4 rings (SSSR count). The number of nitrogens with one attached hydrogen (secondary N) is 2. The van der Waals surface area contributed by atoms with Gasteiger partial charge in [0.2, 0.25) is 10.0 Å². The number of hydrogen-bond donors (Lipinski definition) is 2. The lowest BCUT2D eigenvalue weighted by Gasteiger charge is -2.10. The predicted octanol–water partition coefficient (Wildman–Crippen LogP) is 3.52. The molecule has 1 heterocycles. The topological polar surface area (TPSA) is 93.1 Å². The minimum Gasteiger partial charge on any atom is -0.348 e. The quantitative estimate of drug-likeness (QED) is 0.421. The van der Waals surface area contributed by atoms with Crippen LogP contribution in [-0.2, 0) is 22.3 Å². The molecule has 0 saturated heterocycles.